The molecule has 1 unspecified atom stereocenters. The smallest absolute Gasteiger partial charge is 0.123 e. The second-order valence-electron chi connectivity index (χ2n) is 6.20. The summed E-state index contributed by atoms with van der Waals surface area (Å²) in [6.07, 6.45) is 0.908. The molecule has 0 heterocycles. The van der Waals surface area contributed by atoms with Crippen molar-refractivity contribution in [2.24, 2.45) is 5.73 Å². The number of hydrogen-bond acceptors (Lipinski definition) is 3. The Balaban J connectivity index is 2.68. The van der Waals surface area contributed by atoms with Crippen LogP contribution in [0, 0.1) is 6.92 Å². The SMILES string of the molecule is CCOC(CN)CCOc1ccc(C)cc1C(C)(C)C. The molecule has 0 radical (unpaired) electrons. The Bertz CT molecular complexity index is 410. The Labute approximate surface area is 123 Å². The summed E-state index contributed by atoms with van der Waals surface area (Å²) < 4.78 is 11.5. The lowest BCUT2D eigenvalue weighted by atomic mass is 9.85. The number of rotatable bonds is 7. The normalized spacial score (nSPS) is 13.3. The van der Waals surface area contributed by atoms with Gasteiger partial charge in [-0.1, -0.05) is 38.5 Å². The van der Waals surface area contributed by atoms with Crippen LogP contribution in [-0.4, -0.2) is 25.9 Å². The molecule has 0 bridgehead atoms. The fourth-order valence-electron chi connectivity index (χ4n) is 2.16. The first-order valence-corrected chi connectivity index (χ1v) is 7.44. The maximum absolute atomic E-state index is 5.96. The summed E-state index contributed by atoms with van der Waals surface area (Å²) in [6, 6.07) is 6.36. The third kappa shape index (κ3) is 5.14. The van der Waals surface area contributed by atoms with Crippen LogP contribution in [0.4, 0.5) is 0 Å². The van der Waals surface area contributed by atoms with Gasteiger partial charge in [0.05, 0.1) is 12.7 Å². The van der Waals surface area contributed by atoms with E-state index in [1.165, 1.54) is 11.1 Å². The van der Waals surface area contributed by atoms with Crippen LogP contribution in [0.2, 0.25) is 0 Å². The lowest BCUT2D eigenvalue weighted by Gasteiger charge is -2.24. The molecule has 3 nitrogen and oxygen atoms in total. The van der Waals surface area contributed by atoms with E-state index < -0.39 is 0 Å². The number of hydrogen-bond donors (Lipinski definition) is 1. The molecule has 0 fully saturated rings. The standard InChI is InChI=1S/C17H29NO2/c1-6-19-14(12-18)9-10-20-16-8-7-13(2)11-15(16)17(3,4)5/h7-8,11,14H,6,9-10,12,18H2,1-5H3. The van der Waals surface area contributed by atoms with Crippen LogP contribution in [0.25, 0.3) is 0 Å². The Hall–Kier alpha value is -1.06. The number of benzene rings is 1. The fraction of sp³-hybridized carbons (Fsp3) is 0.647. The average Bonchev–Trinajstić information content (AvgIpc) is 2.38. The molecular formula is C17H29NO2. The van der Waals surface area contributed by atoms with Gasteiger partial charge in [-0.2, -0.15) is 0 Å². The molecule has 1 atom stereocenters. The van der Waals surface area contributed by atoms with Crippen molar-refractivity contribution in [1.29, 1.82) is 0 Å². The molecule has 0 aliphatic rings. The summed E-state index contributed by atoms with van der Waals surface area (Å²) in [7, 11) is 0. The minimum Gasteiger partial charge on any atom is -0.493 e. The summed E-state index contributed by atoms with van der Waals surface area (Å²) in [5.74, 6) is 0.968. The van der Waals surface area contributed by atoms with E-state index in [0.29, 0.717) is 19.8 Å². The van der Waals surface area contributed by atoms with Crippen molar-refractivity contribution in [3.8, 4) is 5.75 Å². The van der Waals surface area contributed by atoms with Crippen molar-refractivity contribution in [3.05, 3.63) is 29.3 Å². The van der Waals surface area contributed by atoms with Crippen LogP contribution in [0.15, 0.2) is 18.2 Å². The largest absolute Gasteiger partial charge is 0.493 e. The van der Waals surface area contributed by atoms with E-state index in [-0.39, 0.29) is 11.5 Å². The molecule has 114 valence electrons. The Morgan fingerprint density at radius 3 is 2.50 bits per heavy atom. The van der Waals surface area contributed by atoms with Crippen molar-refractivity contribution >= 4 is 0 Å². The lowest BCUT2D eigenvalue weighted by molar-refractivity contribution is 0.0525. The minimum absolute atomic E-state index is 0.0779. The average molecular weight is 279 g/mol. The quantitative estimate of drug-likeness (QED) is 0.831. The van der Waals surface area contributed by atoms with Crippen LogP contribution in [-0.2, 0) is 10.2 Å². The molecule has 1 rings (SSSR count). The highest BCUT2D eigenvalue weighted by Gasteiger charge is 2.19. The van der Waals surface area contributed by atoms with Crippen LogP contribution in [0.1, 0.15) is 45.2 Å². The molecular weight excluding hydrogens is 250 g/mol. The molecule has 1 aromatic carbocycles. The number of ether oxygens (including phenoxy) is 2. The molecule has 2 N–H and O–H groups in total. The molecule has 20 heavy (non-hydrogen) atoms. The highest BCUT2D eigenvalue weighted by Crippen LogP contribution is 2.32. The van der Waals surface area contributed by atoms with Gasteiger partial charge < -0.3 is 15.2 Å². The predicted octanol–water partition coefficient (Wildman–Crippen LogP) is 3.43. The zero-order valence-electron chi connectivity index (χ0n) is 13.5. The summed E-state index contributed by atoms with van der Waals surface area (Å²) >= 11 is 0. The molecule has 0 amide bonds. The second-order valence-corrected chi connectivity index (χ2v) is 6.20. The number of nitrogens with two attached hydrogens (primary N) is 1. The van der Waals surface area contributed by atoms with E-state index in [4.69, 9.17) is 15.2 Å². The summed E-state index contributed by atoms with van der Waals surface area (Å²) in [4.78, 5) is 0. The molecule has 0 aliphatic heterocycles. The summed E-state index contributed by atoms with van der Waals surface area (Å²) in [6.45, 7) is 12.6. The molecule has 0 saturated carbocycles. The van der Waals surface area contributed by atoms with Crippen molar-refractivity contribution in [1.82, 2.24) is 0 Å². The Morgan fingerprint density at radius 2 is 1.95 bits per heavy atom. The first-order valence-electron chi connectivity index (χ1n) is 7.44. The Morgan fingerprint density at radius 1 is 1.25 bits per heavy atom. The third-order valence-corrected chi connectivity index (χ3v) is 3.31. The van der Waals surface area contributed by atoms with Gasteiger partial charge in [0.25, 0.3) is 0 Å². The van der Waals surface area contributed by atoms with Crippen LogP contribution in [0.3, 0.4) is 0 Å². The van der Waals surface area contributed by atoms with Crippen LogP contribution in [0.5, 0.6) is 5.75 Å². The monoisotopic (exact) mass is 279 g/mol. The molecule has 0 aliphatic carbocycles. The van der Waals surface area contributed by atoms with E-state index >= 15 is 0 Å². The van der Waals surface area contributed by atoms with Gasteiger partial charge in [0.1, 0.15) is 5.75 Å². The van der Waals surface area contributed by atoms with Crippen molar-refractivity contribution in [2.45, 2.75) is 52.6 Å². The second kappa shape index (κ2) is 7.65. The van der Waals surface area contributed by atoms with E-state index in [1.54, 1.807) is 0 Å². The Kier molecular flexibility index (Phi) is 6.50. The van der Waals surface area contributed by atoms with Crippen molar-refractivity contribution in [3.63, 3.8) is 0 Å². The van der Waals surface area contributed by atoms with Crippen molar-refractivity contribution in [2.75, 3.05) is 19.8 Å². The summed E-state index contributed by atoms with van der Waals surface area (Å²) in [5, 5.41) is 0. The number of aryl methyl sites for hydroxylation is 1. The van der Waals surface area contributed by atoms with Crippen LogP contribution < -0.4 is 10.5 Å². The predicted molar refractivity (Wildman–Crippen MR) is 84.5 cm³/mol. The maximum atomic E-state index is 5.96. The van der Waals surface area contributed by atoms with E-state index in [2.05, 4.69) is 45.9 Å². The molecule has 0 aromatic heterocycles. The van der Waals surface area contributed by atoms with Gasteiger partial charge in [-0.3, -0.25) is 0 Å². The van der Waals surface area contributed by atoms with Gasteiger partial charge in [-0.05, 0) is 30.9 Å². The molecule has 3 heteroatoms. The van der Waals surface area contributed by atoms with Gasteiger partial charge in [0.15, 0.2) is 0 Å². The summed E-state index contributed by atoms with van der Waals surface area (Å²) in [5.41, 5.74) is 8.26. The molecule has 1 aromatic rings. The van der Waals surface area contributed by atoms with Crippen LogP contribution >= 0.6 is 0 Å². The fourth-order valence-corrected chi connectivity index (χ4v) is 2.16. The van der Waals surface area contributed by atoms with Gasteiger partial charge in [0.2, 0.25) is 0 Å². The third-order valence-electron chi connectivity index (χ3n) is 3.31. The zero-order chi connectivity index (χ0) is 15.2. The molecule has 0 saturated heterocycles. The topological polar surface area (TPSA) is 44.5 Å². The van der Waals surface area contributed by atoms with E-state index in [9.17, 15) is 0 Å². The minimum atomic E-state index is 0.0779. The van der Waals surface area contributed by atoms with Gasteiger partial charge in [-0.25, -0.2) is 0 Å². The first-order chi connectivity index (χ1) is 9.38. The highest BCUT2D eigenvalue weighted by molar-refractivity contribution is 5.41. The van der Waals surface area contributed by atoms with Gasteiger partial charge >= 0.3 is 0 Å². The molecule has 0 spiro atoms. The maximum Gasteiger partial charge on any atom is 0.123 e. The van der Waals surface area contributed by atoms with Gasteiger partial charge in [-0.15, -0.1) is 0 Å². The first kappa shape index (κ1) is 17.0. The lowest BCUT2D eigenvalue weighted by Crippen LogP contribution is -2.26. The van der Waals surface area contributed by atoms with Gasteiger partial charge in [0, 0.05) is 19.6 Å². The zero-order valence-corrected chi connectivity index (χ0v) is 13.5. The van der Waals surface area contributed by atoms with Crippen molar-refractivity contribution < 1.29 is 9.47 Å². The van der Waals surface area contributed by atoms with E-state index in [1.807, 2.05) is 6.92 Å². The van der Waals surface area contributed by atoms with E-state index in [0.717, 1.165) is 12.2 Å². The highest BCUT2D eigenvalue weighted by atomic mass is 16.5.